The molecule has 1 aromatic rings. The Morgan fingerprint density at radius 3 is 2.55 bits per heavy atom. The van der Waals surface area contributed by atoms with Gasteiger partial charge in [-0.2, -0.15) is 0 Å². The van der Waals surface area contributed by atoms with Crippen LogP contribution in [0.15, 0.2) is 24.3 Å². The molecule has 0 aromatic heterocycles. The molecule has 1 N–H and O–H groups in total. The Morgan fingerprint density at radius 1 is 1.18 bits per heavy atom. The molecule has 1 saturated carbocycles. The summed E-state index contributed by atoms with van der Waals surface area (Å²) in [5, 5.41) is 4.44. The highest BCUT2D eigenvalue weighted by Gasteiger charge is 2.47. The molecule has 4 atom stereocenters. The topological polar surface area (TPSA) is 32.3 Å². The van der Waals surface area contributed by atoms with Crippen molar-refractivity contribution in [1.29, 1.82) is 0 Å². The minimum absolute atomic E-state index is 0.137. The van der Waals surface area contributed by atoms with Gasteiger partial charge in [-0.1, -0.05) is 29.8 Å². The predicted molar refractivity (Wildman–Crippen MR) is 88.0 cm³/mol. The zero-order valence-electron chi connectivity index (χ0n) is 13.0. The van der Waals surface area contributed by atoms with Crippen LogP contribution in [0.25, 0.3) is 0 Å². The van der Waals surface area contributed by atoms with Gasteiger partial charge >= 0.3 is 0 Å². The van der Waals surface area contributed by atoms with Crippen molar-refractivity contribution in [2.24, 2.45) is 5.92 Å². The maximum atomic E-state index is 12.8. The van der Waals surface area contributed by atoms with Crippen molar-refractivity contribution in [3.8, 4) is 0 Å². The largest absolute Gasteiger partial charge is 0.342 e. The Hall–Kier alpha value is -1.06. The molecular weight excluding hydrogens is 296 g/mol. The average Bonchev–Trinajstić information content (AvgIpc) is 3.25. The molecule has 2 aliphatic heterocycles. The van der Waals surface area contributed by atoms with Gasteiger partial charge in [0, 0.05) is 36.1 Å². The van der Waals surface area contributed by atoms with E-state index in [9.17, 15) is 4.79 Å². The second-order valence-corrected chi connectivity index (χ2v) is 7.59. The number of carbonyl (C=O) groups excluding carboxylic acids is 1. The molecule has 0 spiro atoms. The van der Waals surface area contributed by atoms with Crippen LogP contribution in [0.5, 0.6) is 0 Å². The van der Waals surface area contributed by atoms with E-state index in [2.05, 4.69) is 11.4 Å². The number of rotatable bonds is 3. The van der Waals surface area contributed by atoms with E-state index in [0.717, 1.165) is 29.8 Å². The van der Waals surface area contributed by atoms with Gasteiger partial charge < -0.3 is 10.2 Å². The van der Waals surface area contributed by atoms with Gasteiger partial charge in [-0.05, 0) is 49.7 Å². The van der Waals surface area contributed by atoms with E-state index >= 15 is 0 Å². The van der Waals surface area contributed by atoms with Crippen molar-refractivity contribution in [3.63, 3.8) is 0 Å². The van der Waals surface area contributed by atoms with Gasteiger partial charge in [-0.25, -0.2) is 0 Å². The summed E-state index contributed by atoms with van der Waals surface area (Å²) < 4.78 is 0. The van der Waals surface area contributed by atoms with Crippen LogP contribution in [0.2, 0.25) is 5.02 Å². The summed E-state index contributed by atoms with van der Waals surface area (Å²) in [6.45, 7) is 0. The molecule has 3 fully saturated rings. The molecular formula is C18H23ClN2O. The minimum Gasteiger partial charge on any atom is -0.342 e. The summed E-state index contributed by atoms with van der Waals surface area (Å²) in [5.41, 5.74) is 1.14. The first kappa shape index (κ1) is 14.5. The SMILES string of the molecule is CN(C(=O)C1CC1c1ccccc1Cl)C1CC2CCC(C1)N2. The zero-order chi connectivity index (χ0) is 15.3. The molecule has 2 heterocycles. The number of carbonyl (C=O) groups is 1. The van der Waals surface area contributed by atoms with Crippen molar-refractivity contribution in [3.05, 3.63) is 34.9 Å². The average molecular weight is 319 g/mol. The summed E-state index contributed by atoms with van der Waals surface area (Å²) in [4.78, 5) is 14.8. The first-order valence-corrected chi connectivity index (χ1v) is 8.78. The fourth-order valence-electron chi connectivity index (χ4n) is 4.37. The number of piperidine rings is 1. The molecule has 4 heteroatoms. The van der Waals surface area contributed by atoms with Gasteiger partial charge in [0.1, 0.15) is 0 Å². The van der Waals surface area contributed by atoms with E-state index in [1.54, 1.807) is 0 Å². The molecule has 4 rings (SSSR count). The van der Waals surface area contributed by atoms with Gasteiger partial charge in [-0.3, -0.25) is 4.79 Å². The Labute approximate surface area is 137 Å². The Balaban J connectivity index is 1.42. The molecule has 1 aliphatic carbocycles. The molecule has 2 saturated heterocycles. The maximum Gasteiger partial charge on any atom is 0.226 e. The van der Waals surface area contributed by atoms with E-state index < -0.39 is 0 Å². The van der Waals surface area contributed by atoms with Crippen LogP contribution in [-0.4, -0.2) is 36.0 Å². The van der Waals surface area contributed by atoms with E-state index in [1.165, 1.54) is 12.8 Å². The van der Waals surface area contributed by atoms with Crippen molar-refractivity contribution in [2.75, 3.05) is 7.05 Å². The van der Waals surface area contributed by atoms with Gasteiger partial charge in [-0.15, -0.1) is 0 Å². The molecule has 1 amide bonds. The Kier molecular flexibility index (Phi) is 3.66. The molecule has 3 nitrogen and oxygen atoms in total. The first-order chi connectivity index (χ1) is 10.6. The van der Waals surface area contributed by atoms with E-state index in [0.29, 0.717) is 30.0 Å². The monoisotopic (exact) mass is 318 g/mol. The molecule has 1 aromatic carbocycles. The summed E-state index contributed by atoms with van der Waals surface area (Å²) in [6, 6.07) is 9.60. The van der Waals surface area contributed by atoms with Crippen LogP contribution in [0.1, 0.15) is 43.6 Å². The third-order valence-electron chi connectivity index (χ3n) is 5.76. The number of nitrogens with zero attached hydrogens (tertiary/aromatic N) is 1. The number of amides is 1. The van der Waals surface area contributed by atoms with Crippen LogP contribution in [0.4, 0.5) is 0 Å². The highest BCUT2D eigenvalue weighted by atomic mass is 35.5. The fraction of sp³-hybridized carbons (Fsp3) is 0.611. The summed E-state index contributed by atoms with van der Waals surface area (Å²) >= 11 is 6.27. The zero-order valence-corrected chi connectivity index (χ0v) is 13.7. The number of fused-ring (bicyclic) bond motifs is 2. The van der Waals surface area contributed by atoms with Gasteiger partial charge in [0.15, 0.2) is 0 Å². The number of benzene rings is 1. The Bertz CT molecular complexity index is 578. The van der Waals surface area contributed by atoms with Crippen molar-refractivity contribution < 1.29 is 4.79 Å². The third-order valence-corrected chi connectivity index (χ3v) is 6.10. The quantitative estimate of drug-likeness (QED) is 0.928. The molecule has 22 heavy (non-hydrogen) atoms. The number of hydrogen-bond acceptors (Lipinski definition) is 2. The fourth-order valence-corrected chi connectivity index (χ4v) is 4.65. The molecule has 2 bridgehead atoms. The van der Waals surface area contributed by atoms with E-state index in [1.807, 2.05) is 30.1 Å². The highest BCUT2D eigenvalue weighted by Crippen LogP contribution is 2.50. The lowest BCUT2D eigenvalue weighted by Crippen LogP contribution is -2.49. The summed E-state index contributed by atoms with van der Waals surface area (Å²) in [6.07, 6.45) is 5.72. The van der Waals surface area contributed by atoms with E-state index in [4.69, 9.17) is 11.6 Å². The smallest absolute Gasteiger partial charge is 0.226 e. The summed E-state index contributed by atoms with van der Waals surface area (Å²) in [5.74, 6) is 0.774. The predicted octanol–water partition coefficient (Wildman–Crippen LogP) is 3.18. The van der Waals surface area contributed by atoms with Crippen LogP contribution in [0.3, 0.4) is 0 Å². The normalized spacial score (nSPS) is 36.2. The van der Waals surface area contributed by atoms with Crippen molar-refractivity contribution in [2.45, 2.75) is 56.1 Å². The van der Waals surface area contributed by atoms with Crippen LogP contribution >= 0.6 is 11.6 Å². The van der Waals surface area contributed by atoms with Crippen molar-refractivity contribution in [1.82, 2.24) is 10.2 Å². The maximum absolute atomic E-state index is 12.8. The number of nitrogens with one attached hydrogen (secondary N) is 1. The first-order valence-electron chi connectivity index (χ1n) is 8.40. The van der Waals surface area contributed by atoms with Gasteiger partial charge in [0.05, 0.1) is 0 Å². The number of hydrogen-bond donors (Lipinski definition) is 1. The molecule has 4 unspecified atom stereocenters. The highest BCUT2D eigenvalue weighted by molar-refractivity contribution is 6.31. The van der Waals surface area contributed by atoms with Crippen molar-refractivity contribution >= 4 is 17.5 Å². The van der Waals surface area contributed by atoms with Crippen LogP contribution in [-0.2, 0) is 4.79 Å². The van der Waals surface area contributed by atoms with Crippen LogP contribution in [0, 0.1) is 5.92 Å². The van der Waals surface area contributed by atoms with Gasteiger partial charge in [0.25, 0.3) is 0 Å². The van der Waals surface area contributed by atoms with Gasteiger partial charge in [0.2, 0.25) is 5.91 Å². The molecule has 118 valence electrons. The molecule has 3 aliphatic rings. The minimum atomic E-state index is 0.137. The number of halogens is 1. The second-order valence-electron chi connectivity index (χ2n) is 7.18. The third kappa shape index (κ3) is 2.55. The van der Waals surface area contributed by atoms with Crippen LogP contribution < -0.4 is 5.32 Å². The summed E-state index contributed by atoms with van der Waals surface area (Å²) in [7, 11) is 2.00. The lowest BCUT2D eigenvalue weighted by molar-refractivity contribution is -0.134. The second kappa shape index (κ2) is 5.54. The van der Waals surface area contributed by atoms with E-state index in [-0.39, 0.29) is 5.92 Å². The molecule has 0 radical (unpaired) electrons. The lowest BCUT2D eigenvalue weighted by Gasteiger charge is -2.35. The standard InChI is InChI=1S/C18H23ClN2O/c1-21(13-8-11-6-7-12(9-13)20-11)18(22)16-10-15(16)14-4-2-3-5-17(14)19/h2-5,11-13,15-16,20H,6-10H2,1H3. The lowest BCUT2D eigenvalue weighted by atomic mass is 9.98. The Morgan fingerprint density at radius 2 is 1.86 bits per heavy atom.